The molecule has 46 heavy (non-hydrogen) atoms. The van der Waals surface area contributed by atoms with Crippen molar-refractivity contribution in [1.82, 2.24) is 9.13 Å². The van der Waals surface area contributed by atoms with Gasteiger partial charge in [0.05, 0.1) is 22.1 Å². The highest BCUT2D eigenvalue weighted by Gasteiger charge is 2.29. The maximum absolute atomic E-state index is 15.0. The second-order valence-corrected chi connectivity index (χ2v) is 14.5. The molecule has 0 aliphatic heterocycles. The van der Waals surface area contributed by atoms with E-state index in [4.69, 9.17) is 0 Å². The van der Waals surface area contributed by atoms with Gasteiger partial charge in [-0.25, -0.2) is 0 Å². The molecule has 0 atom stereocenters. The summed E-state index contributed by atoms with van der Waals surface area (Å²) >= 11 is 0. The standard InChI is InChI=1S/C42H29N2OP/c45-46(32-16-6-2-7-17-32,33-18-8-3-9-19-33)34-26-24-31(25-27-34)43-39-23-13-11-21-37(39)41-40(43)29-28-36-35-20-10-12-22-38(35)44(42(36)41)30-14-4-1-5-15-30/h1-29H. The summed E-state index contributed by atoms with van der Waals surface area (Å²) in [5.41, 5.74) is 6.83. The minimum absolute atomic E-state index is 0.820. The van der Waals surface area contributed by atoms with Gasteiger partial charge in [0.1, 0.15) is 0 Å². The molecule has 0 radical (unpaired) electrons. The molecule has 9 aromatic rings. The molecule has 0 bridgehead atoms. The highest BCUT2D eigenvalue weighted by Crippen LogP contribution is 2.44. The number of rotatable bonds is 5. The first-order chi connectivity index (χ1) is 22.7. The normalized spacial score (nSPS) is 12.0. The van der Waals surface area contributed by atoms with Crippen LogP contribution in [0.5, 0.6) is 0 Å². The molecule has 0 spiro atoms. The molecule has 9 rings (SSSR count). The topological polar surface area (TPSA) is 26.9 Å². The Morgan fingerprint density at radius 1 is 0.348 bits per heavy atom. The third-order valence-corrected chi connectivity index (χ3v) is 12.3. The molecule has 2 heterocycles. The molecule has 3 nitrogen and oxygen atoms in total. The van der Waals surface area contributed by atoms with Crippen molar-refractivity contribution in [3.63, 3.8) is 0 Å². The van der Waals surface area contributed by atoms with E-state index in [0.717, 1.165) is 38.3 Å². The lowest BCUT2D eigenvalue weighted by atomic mass is 10.1. The van der Waals surface area contributed by atoms with Gasteiger partial charge in [0, 0.05) is 48.8 Å². The first-order valence-corrected chi connectivity index (χ1v) is 17.3. The Hall–Kier alpha value is -5.63. The van der Waals surface area contributed by atoms with Crippen LogP contribution in [0.25, 0.3) is 55.0 Å². The first kappa shape index (κ1) is 26.7. The zero-order valence-electron chi connectivity index (χ0n) is 25.0. The van der Waals surface area contributed by atoms with Crippen molar-refractivity contribution in [2.75, 3.05) is 0 Å². The average Bonchev–Trinajstić information content (AvgIpc) is 3.65. The van der Waals surface area contributed by atoms with Gasteiger partial charge in [0.25, 0.3) is 0 Å². The molecule has 0 aliphatic rings. The van der Waals surface area contributed by atoms with Crippen molar-refractivity contribution in [3.05, 3.63) is 176 Å². The van der Waals surface area contributed by atoms with E-state index in [2.05, 4.69) is 124 Å². The van der Waals surface area contributed by atoms with Gasteiger partial charge in [0.15, 0.2) is 7.14 Å². The molecule has 218 valence electrons. The van der Waals surface area contributed by atoms with E-state index in [-0.39, 0.29) is 0 Å². The number of fused-ring (bicyclic) bond motifs is 7. The van der Waals surface area contributed by atoms with Crippen molar-refractivity contribution in [1.29, 1.82) is 0 Å². The third kappa shape index (κ3) is 3.89. The van der Waals surface area contributed by atoms with E-state index in [1.165, 1.54) is 32.6 Å². The van der Waals surface area contributed by atoms with Gasteiger partial charge in [-0.15, -0.1) is 0 Å². The highest BCUT2D eigenvalue weighted by atomic mass is 31.2. The van der Waals surface area contributed by atoms with Gasteiger partial charge in [-0.1, -0.05) is 121 Å². The first-order valence-electron chi connectivity index (χ1n) is 15.6. The zero-order valence-corrected chi connectivity index (χ0v) is 25.9. The second-order valence-electron chi connectivity index (χ2n) is 11.7. The predicted molar refractivity (Wildman–Crippen MR) is 195 cm³/mol. The maximum atomic E-state index is 15.0. The molecule has 0 fully saturated rings. The maximum Gasteiger partial charge on any atom is 0.171 e. The zero-order chi connectivity index (χ0) is 30.7. The van der Waals surface area contributed by atoms with Crippen LogP contribution >= 0.6 is 7.14 Å². The smallest absolute Gasteiger partial charge is 0.171 e. The highest BCUT2D eigenvalue weighted by molar-refractivity contribution is 7.85. The molecule has 0 amide bonds. The quantitative estimate of drug-likeness (QED) is 0.179. The number of aromatic nitrogens is 2. The van der Waals surface area contributed by atoms with Crippen LogP contribution in [0.3, 0.4) is 0 Å². The van der Waals surface area contributed by atoms with Crippen LogP contribution in [0.4, 0.5) is 0 Å². The van der Waals surface area contributed by atoms with Crippen LogP contribution in [0.1, 0.15) is 0 Å². The van der Waals surface area contributed by atoms with Gasteiger partial charge < -0.3 is 13.7 Å². The molecule has 4 heteroatoms. The minimum atomic E-state index is -3.07. The van der Waals surface area contributed by atoms with Crippen LogP contribution < -0.4 is 15.9 Å². The van der Waals surface area contributed by atoms with Crippen molar-refractivity contribution in [2.45, 2.75) is 0 Å². The van der Waals surface area contributed by atoms with Gasteiger partial charge in [-0.05, 0) is 54.6 Å². The summed E-state index contributed by atoms with van der Waals surface area (Å²) in [6.07, 6.45) is 0. The number of hydrogen-bond donors (Lipinski definition) is 0. The lowest BCUT2D eigenvalue weighted by Crippen LogP contribution is -2.24. The molecular formula is C42H29N2OP. The van der Waals surface area contributed by atoms with Gasteiger partial charge >= 0.3 is 0 Å². The molecule has 0 saturated carbocycles. The van der Waals surface area contributed by atoms with Crippen LogP contribution in [0.2, 0.25) is 0 Å². The average molecular weight is 609 g/mol. The molecular weight excluding hydrogens is 579 g/mol. The summed E-state index contributed by atoms with van der Waals surface area (Å²) in [5, 5.41) is 7.38. The summed E-state index contributed by atoms with van der Waals surface area (Å²) in [5.74, 6) is 0. The van der Waals surface area contributed by atoms with Crippen molar-refractivity contribution < 1.29 is 4.57 Å². The van der Waals surface area contributed by atoms with E-state index in [1.54, 1.807) is 0 Å². The Kier molecular flexibility index (Phi) is 6.09. The minimum Gasteiger partial charge on any atom is -0.309 e. The molecule has 2 aromatic heterocycles. The number of para-hydroxylation sites is 3. The van der Waals surface area contributed by atoms with Crippen LogP contribution in [-0.2, 0) is 4.57 Å². The van der Waals surface area contributed by atoms with Gasteiger partial charge in [0.2, 0.25) is 0 Å². The van der Waals surface area contributed by atoms with E-state index in [0.29, 0.717) is 0 Å². The molecule has 0 N–H and O–H groups in total. The Labute approximate surface area is 267 Å². The van der Waals surface area contributed by atoms with Gasteiger partial charge in [-0.3, -0.25) is 0 Å². The lowest BCUT2D eigenvalue weighted by molar-refractivity contribution is 0.592. The molecule has 0 saturated heterocycles. The van der Waals surface area contributed by atoms with Crippen molar-refractivity contribution >= 4 is 66.7 Å². The Morgan fingerprint density at radius 3 is 1.46 bits per heavy atom. The van der Waals surface area contributed by atoms with Gasteiger partial charge in [-0.2, -0.15) is 0 Å². The summed E-state index contributed by atoms with van der Waals surface area (Å²) in [6, 6.07) is 60.5. The molecule has 0 unspecified atom stereocenters. The van der Waals surface area contributed by atoms with Crippen LogP contribution in [0, 0.1) is 0 Å². The number of hydrogen-bond acceptors (Lipinski definition) is 1. The Balaban J connectivity index is 1.31. The van der Waals surface area contributed by atoms with E-state index >= 15 is 4.57 Å². The van der Waals surface area contributed by atoms with Crippen molar-refractivity contribution in [2.24, 2.45) is 0 Å². The fourth-order valence-electron chi connectivity index (χ4n) is 7.17. The lowest BCUT2D eigenvalue weighted by Gasteiger charge is -2.20. The summed E-state index contributed by atoms with van der Waals surface area (Å²) in [7, 11) is -3.07. The SMILES string of the molecule is O=P(c1ccccc1)(c1ccccc1)c1ccc(-n2c3ccccc3c3c2ccc2c4ccccc4n(-c4ccccc4)c23)cc1. The van der Waals surface area contributed by atoms with Crippen LogP contribution in [-0.4, -0.2) is 9.13 Å². The fraction of sp³-hybridized carbons (Fsp3) is 0. The summed E-state index contributed by atoms with van der Waals surface area (Å²) in [6.45, 7) is 0. The molecule has 7 aromatic carbocycles. The fourth-order valence-corrected chi connectivity index (χ4v) is 9.81. The second kappa shape index (κ2) is 10.5. The third-order valence-electron chi connectivity index (χ3n) is 9.20. The van der Waals surface area contributed by atoms with E-state index in [9.17, 15) is 0 Å². The summed E-state index contributed by atoms with van der Waals surface area (Å²) in [4.78, 5) is 0. The molecule has 0 aliphatic carbocycles. The van der Waals surface area contributed by atoms with Crippen molar-refractivity contribution in [3.8, 4) is 11.4 Å². The monoisotopic (exact) mass is 608 g/mol. The van der Waals surface area contributed by atoms with E-state index in [1.807, 2.05) is 60.7 Å². The number of benzene rings is 7. The predicted octanol–water partition coefficient (Wildman–Crippen LogP) is 9.52. The van der Waals surface area contributed by atoms with E-state index < -0.39 is 7.14 Å². The van der Waals surface area contributed by atoms with Crippen LogP contribution in [0.15, 0.2) is 176 Å². The Bertz CT molecular complexity index is 2540. The summed E-state index contributed by atoms with van der Waals surface area (Å²) < 4.78 is 19.8. The largest absolute Gasteiger partial charge is 0.309 e. The Morgan fingerprint density at radius 2 is 0.826 bits per heavy atom. The number of nitrogens with zero attached hydrogens (tertiary/aromatic N) is 2.